The third-order valence-corrected chi connectivity index (χ3v) is 9.31. The topological polar surface area (TPSA) is 128 Å². The van der Waals surface area contributed by atoms with Crippen LogP contribution in [0.3, 0.4) is 0 Å². The Morgan fingerprint density at radius 3 is 2.35 bits per heavy atom. The highest BCUT2D eigenvalue weighted by atomic mass is 35.5. The number of likely N-dealkylation sites (tertiary alicyclic amines) is 1. The van der Waals surface area contributed by atoms with Crippen molar-refractivity contribution in [2.45, 2.75) is 76.2 Å². The third kappa shape index (κ3) is 7.03. The molecule has 11 heteroatoms. The van der Waals surface area contributed by atoms with Gasteiger partial charge in [0.2, 0.25) is 23.6 Å². The Balaban J connectivity index is 1.27. The first-order valence-corrected chi connectivity index (χ1v) is 15.5. The molecule has 0 radical (unpaired) electrons. The van der Waals surface area contributed by atoms with Gasteiger partial charge < -0.3 is 31.1 Å². The second kappa shape index (κ2) is 13.4. The summed E-state index contributed by atoms with van der Waals surface area (Å²) >= 11 is 6.12. The van der Waals surface area contributed by atoms with Gasteiger partial charge >= 0.3 is 0 Å². The highest BCUT2D eigenvalue weighted by molar-refractivity contribution is 6.31. The van der Waals surface area contributed by atoms with Crippen LogP contribution in [0.15, 0.2) is 42.5 Å². The fourth-order valence-corrected chi connectivity index (χ4v) is 6.80. The fourth-order valence-electron chi connectivity index (χ4n) is 6.68. The summed E-state index contributed by atoms with van der Waals surface area (Å²) in [4.78, 5) is 59.6. The molecule has 43 heavy (non-hydrogen) atoms. The molecule has 2 unspecified atom stereocenters. The number of piperazine rings is 1. The number of rotatable bonds is 9. The molecule has 3 heterocycles. The number of nitrogens with one attached hydrogen (secondary N) is 2. The predicted octanol–water partition coefficient (Wildman–Crippen LogP) is 2.46. The number of nitrogens with two attached hydrogens (primary N) is 1. The van der Waals surface area contributed by atoms with E-state index in [1.807, 2.05) is 36.1 Å². The summed E-state index contributed by atoms with van der Waals surface area (Å²) < 4.78 is 0. The van der Waals surface area contributed by atoms with Crippen LogP contribution in [0.2, 0.25) is 5.02 Å². The van der Waals surface area contributed by atoms with Gasteiger partial charge in [0.05, 0.1) is 0 Å². The smallest absolute Gasteiger partial charge is 0.246 e. The van der Waals surface area contributed by atoms with Gasteiger partial charge in [-0.2, -0.15) is 0 Å². The molecule has 2 bridgehead atoms. The van der Waals surface area contributed by atoms with Gasteiger partial charge in [0, 0.05) is 61.7 Å². The van der Waals surface area contributed by atoms with Crippen molar-refractivity contribution in [2.75, 3.05) is 32.0 Å². The van der Waals surface area contributed by atoms with Crippen molar-refractivity contribution < 1.29 is 19.2 Å². The number of hydrogen-bond acceptors (Lipinski definition) is 6. The van der Waals surface area contributed by atoms with Crippen LogP contribution in [0.1, 0.15) is 48.8 Å². The van der Waals surface area contributed by atoms with Gasteiger partial charge in [0.15, 0.2) is 0 Å². The van der Waals surface area contributed by atoms with Crippen LogP contribution in [0.5, 0.6) is 0 Å². The highest BCUT2D eigenvalue weighted by Gasteiger charge is 2.42. The molecule has 2 aromatic rings. The van der Waals surface area contributed by atoms with Crippen LogP contribution in [0.25, 0.3) is 0 Å². The molecule has 0 spiro atoms. The molecule has 3 aliphatic heterocycles. The zero-order valence-corrected chi connectivity index (χ0v) is 25.6. The average Bonchev–Trinajstić information content (AvgIpc) is 3.27. The third-order valence-electron chi connectivity index (χ3n) is 8.89. The van der Waals surface area contributed by atoms with Crippen LogP contribution in [-0.4, -0.2) is 89.2 Å². The van der Waals surface area contributed by atoms with Crippen molar-refractivity contribution in [1.82, 2.24) is 20.0 Å². The Bertz CT molecular complexity index is 1370. The first-order valence-electron chi connectivity index (χ1n) is 15.1. The minimum Gasteiger partial charge on any atom is -0.342 e. The van der Waals surface area contributed by atoms with E-state index in [-0.39, 0.29) is 56.3 Å². The molecule has 0 aromatic heterocycles. The summed E-state index contributed by atoms with van der Waals surface area (Å²) in [5.41, 5.74) is 9.13. The minimum absolute atomic E-state index is 0.00415. The monoisotopic (exact) mass is 608 g/mol. The lowest BCUT2D eigenvalue weighted by atomic mass is 9.92. The number of benzene rings is 2. The number of hydrogen-bond donors (Lipinski definition) is 3. The maximum atomic E-state index is 13.8. The van der Waals surface area contributed by atoms with Crippen molar-refractivity contribution in [3.63, 3.8) is 0 Å². The summed E-state index contributed by atoms with van der Waals surface area (Å²) in [5, 5.41) is 6.28. The molecule has 5 rings (SSSR count). The molecule has 2 aromatic carbocycles. The number of carbonyl (C=O) groups is 4. The Labute approximate surface area is 257 Å². The van der Waals surface area contributed by atoms with Gasteiger partial charge in [-0.3, -0.25) is 19.2 Å². The van der Waals surface area contributed by atoms with E-state index in [4.69, 9.17) is 17.3 Å². The Morgan fingerprint density at radius 1 is 1.00 bits per heavy atom. The number of carbonyl (C=O) groups excluding carboxylic acids is 4. The lowest BCUT2D eigenvalue weighted by molar-refractivity contribution is -0.145. The molecule has 4 amide bonds. The van der Waals surface area contributed by atoms with Crippen LogP contribution in [0.4, 0.5) is 5.69 Å². The number of likely N-dealkylation sites (N-methyl/N-ethyl adjacent to an activating group) is 1. The van der Waals surface area contributed by atoms with Crippen LogP contribution in [0, 0.1) is 6.92 Å². The number of aryl methyl sites for hydroxylation is 1. The Hall–Kier alpha value is -3.47. The van der Waals surface area contributed by atoms with Crippen molar-refractivity contribution in [2.24, 2.45) is 5.73 Å². The van der Waals surface area contributed by atoms with E-state index < -0.39 is 23.9 Å². The lowest BCUT2D eigenvalue weighted by Crippen LogP contribution is -2.56. The van der Waals surface area contributed by atoms with E-state index in [2.05, 4.69) is 22.6 Å². The quantitative estimate of drug-likeness (QED) is 0.401. The zero-order chi connectivity index (χ0) is 30.7. The highest BCUT2D eigenvalue weighted by Crippen LogP contribution is 2.31. The number of halogens is 1. The van der Waals surface area contributed by atoms with Gasteiger partial charge in [0.25, 0.3) is 0 Å². The van der Waals surface area contributed by atoms with Crippen LogP contribution >= 0.6 is 11.6 Å². The number of fused-ring (bicyclic) bond motifs is 3. The maximum absolute atomic E-state index is 13.8. The van der Waals surface area contributed by atoms with Gasteiger partial charge in [-0.15, -0.1) is 0 Å². The van der Waals surface area contributed by atoms with Crippen LogP contribution < -0.4 is 16.4 Å². The molecular weight excluding hydrogens is 568 g/mol. The molecule has 0 aliphatic carbocycles. The largest absolute Gasteiger partial charge is 0.342 e. The van der Waals surface area contributed by atoms with Crippen LogP contribution in [-0.2, 0) is 32.1 Å². The number of anilines is 1. The summed E-state index contributed by atoms with van der Waals surface area (Å²) in [7, 11) is 2.08. The van der Waals surface area contributed by atoms with E-state index in [0.717, 1.165) is 42.6 Å². The minimum atomic E-state index is -0.892. The lowest BCUT2D eigenvalue weighted by Gasteiger charge is -2.40. The summed E-state index contributed by atoms with van der Waals surface area (Å²) in [6.45, 7) is 4.00. The summed E-state index contributed by atoms with van der Waals surface area (Å²) in [6, 6.07) is 11.6. The summed E-state index contributed by atoms with van der Waals surface area (Å²) in [6.07, 6.45) is 2.67. The zero-order valence-electron chi connectivity index (χ0n) is 24.9. The van der Waals surface area contributed by atoms with E-state index in [1.54, 1.807) is 23.1 Å². The van der Waals surface area contributed by atoms with E-state index in [1.165, 1.54) is 0 Å². The van der Waals surface area contributed by atoms with Gasteiger partial charge in [-0.05, 0) is 74.7 Å². The predicted molar refractivity (Wildman–Crippen MR) is 165 cm³/mol. The maximum Gasteiger partial charge on any atom is 0.246 e. The normalized spacial score (nSPS) is 22.1. The van der Waals surface area contributed by atoms with Gasteiger partial charge in [-0.1, -0.05) is 35.9 Å². The van der Waals surface area contributed by atoms with Gasteiger partial charge in [-0.25, -0.2) is 0 Å². The molecule has 4 atom stereocenters. The standard InChI is InChI=1S/C32H41ClN6O4/c1-20-15-23(7-10-26(20)33)35-31(42)27(13-14-34)36-32(43)28-16-21-5-3-4-6-22(21)17-38(28)29(40)11-12-30(41)39-24-8-9-25(39)19-37(2)18-24/h3-7,10,15,24-25,27-28H,8-9,11-14,16-19,34H2,1-2H3,(H,35,42)(H,36,43)/t24?,25?,27-,28-/m0/s1. The first kappa shape index (κ1) is 31.0. The first-order chi connectivity index (χ1) is 20.6. The van der Waals surface area contributed by atoms with Crippen molar-refractivity contribution in [3.05, 3.63) is 64.2 Å². The molecule has 0 saturated carbocycles. The second-order valence-electron chi connectivity index (χ2n) is 12.0. The van der Waals surface area contributed by atoms with Gasteiger partial charge in [0.1, 0.15) is 12.1 Å². The SMILES string of the molecule is Cc1cc(NC(=O)[C@H](CCN)NC(=O)[C@@H]2Cc3ccccc3CN2C(=O)CCC(=O)N2C3CCC2CN(C)C3)ccc1Cl. The Morgan fingerprint density at radius 2 is 1.67 bits per heavy atom. The summed E-state index contributed by atoms with van der Waals surface area (Å²) in [5.74, 6) is -1.07. The molecule has 230 valence electrons. The molecule has 3 aliphatic rings. The molecule has 10 nitrogen and oxygen atoms in total. The van der Waals surface area contributed by atoms with E-state index >= 15 is 0 Å². The number of amides is 4. The molecule has 4 N–H and O–H groups in total. The van der Waals surface area contributed by atoms with Crippen molar-refractivity contribution in [1.29, 1.82) is 0 Å². The average molecular weight is 609 g/mol. The Kier molecular flexibility index (Phi) is 9.68. The molecular formula is C32H41ClN6O4. The molecule has 2 fully saturated rings. The second-order valence-corrected chi connectivity index (χ2v) is 12.4. The fraction of sp³-hybridized carbons (Fsp3) is 0.500. The van der Waals surface area contributed by atoms with E-state index in [0.29, 0.717) is 17.1 Å². The van der Waals surface area contributed by atoms with E-state index in [9.17, 15) is 19.2 Å². The van der Waals surface area contributed by atoms with Crippen molar-refractivity contribution >= 4 is 40.9 Å². The molecule has 2 saturated heterocycles. The number of nitrogens with zero attached hydrogens (tertiary/aromatic N) is 3. The van der Waals surface area contributed by atoms with Crippen molar-refractivity contribution in [3.8, 4) is 0 Å².